The summed E-state index contributed by atoms with van der Waals surface area (Å²) in [6, 6.07) is 0. The zero-order valence-electron chi connectivity index (χ0n) is 8.73. The van der Waals surface area contributed by atoms with Crippen molar-refractivity contribution < 1.29 is 22.7 Å². The number of amides is 1. The summed E-state index contributed by atoms with van der Waals surface area (Å²) in [5.41, 5.74) is 0. The SMILES string of the molecule is CNCCCN(C)C(=O)OCC(F)(F)F. The van der Waals surface area contributed by atoms with Crippen LogP contribution in [0.2, 0.25) is 0 Å². The van der Waals surface area contributed by atoms with Gasteiger partial charge < -0.3 is 15.0 Å². The number of hydrogen-bond acceptors (Lipinski definition) is 3. The predicted molar refractivity (Wildman–Crippen MR) is 48.6 cm³/mol. The molecule has 0 aromatic carbocycles. The van der Waals surface area contributed by atoms with Gasteiger partial charge in [-0.25, -0.2) is 4.79 Å². The highest BCUT2D eigenvalue weighted by atomic mass is 19.4. The van der Waals surface area contributed by atoms with Gasteiger partial charge in [0.05, 0.1) is 0 Å². The molecule has 0 rings (SSSR count). The van der Waals surface area contributed by atoms with Gasteiger partial charge in [-0.05, 0) is 20.0 Å². The highest BCUT2D eigenvalue weighted by Crippen LogP contribution is 2.14. The average molecular weight is 228 g/mol. The van der Waals surface area contributed by atoms with E-state index in [1.54, 1.807) is 7.05 Å². The van der Waals surface area contributed by atoms with Crippen LogP contribution in [0.3, 0.4) is 0 Å². The third-order valence-corrected chi connectivity index (χ3v) is 1.59. The molecule has 7 heteroatoms. The lowest BCUT2D eigenvalue weighted by molar-refractivity contribution is -0.162. The topological polar surface area (TPSA) is 41.6 Å². The maximum atomic E-state index is 11.7. The Morgan fingerprint density at radius 1 is 1.47 bits per heavy atom. The van der Waals surface area contributed by atoms with Gasteiger partial charge in [0.25, 0.3) is 0 Å². The highest BCUT2D eigenvalue weighted by Gasteiger charge is 2.30. The third kappa shape index (κ3) is 8.04. The second-order valence-electron chi connectivity index (χ2n) is 3.05. The van der Waals surface area contributed by atoms with E-state index in [1.807, 2.05) is 0 Å². The molecule has 0 aliphatic carbocycles. The highest BCUT2D eigenvalue weighted by molar-refractivity contribution is 5.67. The lowest BCUT2D eigenvalue weighted by Crippen LogP contribution is -2.32. The molecule has 1 amide bonds. The van der Waals surface area contributed by atoms with Crippen molar-refractivity contribution in [2.45, 2.75) is 12.6 Å². The molecule has 0 aliphatic rings. The van der Waals surface area contributed by atoms with E-state index in [4.69, 9.17) is 0 Å². The van der Waals surface area contributed by atoms with Gasteiger partial charge in [0.15, 0.2) is 6.61 Å². The average Bonchev–Trinajstić information content (AvgIpc) is 2.13. The number of carbonyl (C=O) groups excluding carboxylic acids is 1. The number of carbonyl (C=O) groups is 1. The summed E-state index contributed by atoms with van der Waals surface area (Å²) in [6.07, 6.45) is -4.77. The van der Waals surface area contributed by atoms with Gasteiger partial charge in [-0.3, -0.25) is 0 Å². The van der Waals surface area contributed by atoms with Crippen molar-refractivity contribution in [1.29, 1.82) is 0 Å². The molecule has 90 valence electrons. The van der Waals surface area contributed by atoms with E-state index in [9.17, 15) is 18.0 Å². The molecule has 15 heavy (non-hydrogen) atoms. The molecule has 0 aromatic heterocycles. The molecule has 4 nitrogen and oxygen atoms in total. The largest absolute Gasteiger partial charge is 0.440 e. The maximum absolute atomic E-state index is 11.7. The van der Waals surface area contributed by atoms with Crippen LogP contribution < -0.4 is 5.32 Å². The zero-order valence-corrected chi connectivity index (χ0v) is 8.73. The molecule has 0 aliphatic heterocycles. The van der Waals surface area contributed by atoms with Crippen LogP contribution in [0, 0.1) is 0 Å². The third-order valence-electron chi connectivity index (χ3n) is 1.59. The van der Waals surface area contributed by atoms with Crippen molar-refractivity contribution in [1.82, 2.24) is 10.2 Å². The number of halogens is 3. The Morgan fingerprint density at radius 2 is 2.07 bits per heavy atom. The fraction of sp³-hybridized carbons (Fsp3) is 0.875. The van der Waals surface area contributed by atoms with E-state index in [2.05, 4.69) is 10.1 Å². The standard InChI is InChI=1S/C8H15F3N2O2/c1-12-4-3-5-13(2)7(14)15-6-8(9,10)11/h12H,3-6H2,1-2H3. The van der Waals surface area contributed by atoms with E-state index in [0.717, 1.165) is 4.90 Å². The Morgan fingerprint density at radius 3 is 2.53 bits per heavy atom. The first kappa shape index (κ1) is 14.0. The molecule has 0 saturated carbocycles. The van der Waals surface area contributed by atoms with E-state index in [0.29, 0.717) is 19.5 Å². The second kappa shape index (κ2) is 6.49. The van der Waals surface area contributed by atoms with Crippen LogP contribution in [0.4, 0.5) is 18.0 Å². The van der Waals surface area contributed by atoms with Crippen LogP contribution in [-0.2, 0) is 4.74 Å². The van der Waals surface area contributed by atoms with Crippen LogP contribution in [-0.4, -0.2) is 51.0 Å². The van der Waals surface area contributed by atoms with Crippen molar-refractivity contribution in [2.75, 3.05) is 33.8 Å². The van der Waals surface area contributed by atoms with E-state index in [-0.39, 0.29) is 0 Å². The quantitative estimate of drug-likeness (QED) is 0.719. The summed E-state index contributed by atoms with van der Waals surface area (Å²) in [5.74, 6) is 0. The summed E-state index contributed by atoms with van der Waals surface area (Å²) < 4.78 is 39.1. The van der Waals surface area contributed by atoms with Gasteiger partial charge in [-0.2, -0.15) is 13.2 Å². The fourth-order valence-corrected chi connectivity index (χ4v) is 0.838. The predicted octanol–water partition coefficient (Wildman–Crippen LogP) is 1.23. The number of nitrogens with one attached hydrogen (secondary N) is 1. The first-order valence-corrected chi connectivity index (χ1v) is 4.46. The first-order valence-electron chi connectivity index (χ1n) is 4.46. The van der Waals surface area contributed by atoms with E-state index in [1.165, 1.54) is 7.05 Å². The minimum Gasteiger partial charge on any atom is -0.440 e. The fourth-order valence-electron chi connectivity index (χ4n) is 0.838. The van der Waals surface area contributed by atoms with Crippen LogP contribution >= 0.6 is 0 Å². The van der Waals surface area contributed by atoms with Crippen LogP contribution in [0.1, 0.15) is 6.42 Å². The Hall–Kier alpha value is -0.980. The van der Waals surface area contributed by atoms with Gasteiger partial charge in [0, 0.05) is 13.6 Å². The molecule has 0 aromatic rings. The number of ether oxygens (including phenoxy) is 1. The molecular weight excluding hydrogens is 213 g/mol. The molecule has 0 bridgehead atoms. The Bertz CT molecular complexity index is 197. The maximum Gasteiger partial charge on any atom is 0.422 e. The molecule has 1 N–H and O–H groups in total. The summed E-state index contributed by atoms with van der Waals surface area (Å²) in [7, 11) is 3.15. The van der Waals surface area contributed by atoms with Crippen molar-refractivity contribution in [3.63, 3.8) is 0 Å². The number of rotatable bonds is 5. The summed E-state index contributed by atoms with van der Waals surface area (Å²) in [6.45, 7) is -0.489. The molecule has 0 unspecified atom stereocenters. The summed E-state index contributed by atoms with van der Waals surface area (Å²) in [5, 5.41) is 2.86. The normalized spacial score (nSPS) is 11.3. The van der Waals surface area contributed by atoms with Gasteiger partial charge >= 0.3 is 12.3 Å². The molecule has 0 heterocycles. The zero-order chi connectivity index (χ0) is 11.9. The first-order chi connectivity index (χ1) is 6.87. The minimum absolute atomic E-state index is 0.359. The molecule has 0 radical (unpaired) electrons. The van der Waals surface area contributed by atoms with E-state index >= 15 is 0 Å². The molecular formula is C8H15F3N2O2. The van der Waals surface area contributed by atoms with Gasteiger partial charge in [0.2, 0.25) is 0 Å². The van der Waals surface area contributed by atoms with Gasteiger partial charge in [-0.15, -0.1) is 0 Å². The molecule has 0 saturated heterocycles. The van der Waals surface area contributed by atoms with E-state index < -0.39 is 18.9 Å². The summed E-state index contributed by atoms with van der Waals surface area (Å²) in [4.78, 5) is 12.1. The van der Waals surface area contributed by atoms with Crippen molar-refractivity contribution in [3.05, 3.63) is 0 Å². The lowest BCUT2D eigenvalue weighted by atomic mass is 10.4. The molecule has 0 atom stereocenters. The van der Waals surface area contributed by atoms with Crippen molar-refractivity contribution >= 4 is 6.09 Å². The molecule has 0 fully saturated rings. The van der Waals surface area contributed by atoms with Gasteiger partial charge in [0.1, 0.15) is 0 Å². The second-order valence-corrected chi connectivity index (χ2v) is 3.05. The minimum atomic E-state index is -4.47. The smallest absolute Gasteiger partial charge is 0.422 e. The Kier molecular flexibility index (Phi) is 6.07. The lowest BCUT2D eigenvalue weighted by Gasteiger charge is -2.17. The Labute approximate surface area is 86.4 Å². The van der Waals surface area contributed by atoms with Crippen molar-refractivity contribution in [3.8, 4) is 0 Å². The Balaban J connectivity index is 3.70. The monoisotopic (exact) mass is 228 g/mol. The van der Waals surface area contributed by atoms with Crippen LogP contribution in [0.25, 0.3) is 0 Å². The van der Waals surface area contributed by atoms with Crippen LogP contribution in [0.15, 0.2) is 0 Å². The number of nitrogens with zero attached hydrogens (tertiary/aromatic N) is 1. The van der Waals surface area contributed by atoms with Crippen molar-refractivity contribution in [2.24, 2.45) is 0 Å². The summed E-state index contributed by atoms with van der Waals surface area (Å²) >= 11 is 0. The molecule has 0 spiro atoms. The number of alkyl halides is 3. The van der Waals surface area contributed by atoms with Gasteiger partial charge in [-0.1, -0.05) is 0 Å². The number of hydrogen-bond donors (Lipinski definition) is 1. The van der Waals surface area contributed by atoms with Crippen LogP contribution in [0.5, 0.6) is 0 Å².